The molecule has 1 aliphatic carbocycles. The number of carboxylic acid groups (broad SMARTS) is 1. The van der Waals surface area contributed by atoms with Gasteiger partial charge in [0.15, 0.2) is 5.78 Å². The number of carboxylic acids is 1. The molecule has 58 valence electrons. The molecule has 1 saturated carbocycles. The lowest BCUT2D eigenvalue weighted by molar-refractivity contribution is -0.135. The van der Waals surface area contributed by atoms with Gasteiger partial charge >= 0.3 is 5.97 Å². The lowest BCUT2D eigenvalue weighted by Gasteiger charge is -1.73. The molecule has 0 radical (unpaired) electrons. The van der Waals surface area contributed by atoms with Crippen molar-refractivity contribution >= 4 is 11.8 Å². The van der Waals surface area contributed by atoms with Gasteiger partial charge in [-0.1, -0.05) is 0 Å². The summed E-state index contributed by atoms with van der Waals surface area (Å²) in [6.07, 6.45) is 0.611. The van der Waals surface area contributed by atoms with Gasteiger partial charge in [-0.25, -0.2) is 0 Å². The van der Waals surface area contributed by atoms with Gasteiger partial charge in [0.2, 0.25) is 0 Å². The molecule has 5 nitrogen and oxygen atoms in total. The average Bonchev–Trinajstić information content (AvgIpc) is 2.47. The minimum atomic E-state index is -0.968. The Kier molecular flexibility index (Phi) is 3.60. The summed E-state index contributed by atoms with van der Waals surface area (Å²) in [5.41, 5.74) is 9.59. The van der Waals surface area contributed by atoms with Crippen LogP contribution in [0.3, 0.4) is 0 Å². The lowest BCUT2D eigenvalue weighted by Crippen LogP contribution is -2.10. The minimum Gasteiger partial charge on any atom is -0.480 e. The van der Waals surface area contributed by atoms with E-state index >= 15 is 0 Å². The van der Waals surface area contributed by atoms with Gasteiger partial charge in [-0.05, 0) is 0 Å². The van der Waals surface area contributed by atoms with E-state index in [9.17, 15) is 9.59 Å². The van der Waals surface area contributed by atoms with Gasteiger partial charge in [-0.2, -0.15) is 0 Å². The maximum atomic E-state index is 9.76. The van der Waals surface area contributed by atoms with Crippen molar-refractivity contribution in [3.63, 3.8) is 0 Å². The molecule has 0 aromatic carbocycles. The molecule has 5 N–H and O–H groups in total. The van der Waals surface area contributed by atoms with Gasteiger partial charge in [0, 0.05) is 6.42 Å². The van der Waals surface area contributed by atoms with Crippen LogP contribution >= 0.6 is 0 Å². The van der Waals surface area contributed by atoms with E-state index in [-0.39, 0.29) is 18.4 Å². The third-order valence-electron chi connectivity index (χ3n) is 0.849. The number of Topliss-reactive ketones (excluding diaryl/α,β-unsaturated/α-hetero) is 1. The molecule has 1 unspecified atom stereocenters. The monoisotopic (exact) mass is 146 g/mol. The highest BCUT2D eigenvalue weighted by Gasteiger charge is 2.29. The topological polar surface area (TPSA) is 106 Å². The Hall–Kier alpha value is -0.940. The van der Waals surface area contributed by atoms with Gasteiger partial charge in [0.1, 0.15) is 0 Å². The number of hydrogen-bond donors (Lipinski definition) is 3. The molecular weight excluding hydrogens is 136 g/mol. The third-order valence-corrected chi connectivity index (χ3v) is 0.849. The Morgan fingerprint density at radius 1 is 1.80 bits per heavy atom. The lowest BCUT2D eigenvalue weighted by atomic mass is 10.7. The Morgan fingerprint density at radius 2 is 2.00 bits per heavy atom. The van der Waals surface area contributed by atoms with Crippen LogP contribution in [0.4, 0.5) is 0 Å². The fraction of sp³-hybridized carbons (Fsp3) is 0.600. The summed E-state index contributed by atoms with van der Waals surface area (Å²) >= 11 is 0. The van der Waals surface area contributed by atoms with E-state index in [0.717, 1.165) is 0 Å². The summed E-state index contributed by atoms with van der Waals surface area (Å²) in [6, 6.07) is -0.0880. The Balaban J connectivity index is 0.000000162. The maximum absolute atomic E-state index is 9.76. The molecular formula is C5H10N2O3. The summed E-state index contributed by atoms with van der Waals surface area (Å²) in [5.74, 6) is -0.769. The zero-order valence-electron chi connectivity index (χ0n) is 5.41. The maximum Gasteiger partial charge on any atom is 0.317 e. The first-order chi connectivity index (χ1) is 4.57. The van der Waals surface area contributed by atoms with E-state index in [2.05, 4.69) is 5.73 Å². The largest absolute Gasteiger partial charge is 0.480 e. The van der Waals surface area contributed by atoms with Crippen LogP contribution in [-0.4, -0.2) is 29.4 Å². The van der Waals surface area contributed by atoms with Crippen LogP contribution in [0.2, 0.25) is 0 Å². The summed E-state index contributed by atoms with van der Waals surface area (Å²) in [5, 5.41) is 7.60. The fourth-order valence-corrected chi connectivity index (χ4v) is 0.158. The summed E-state index contributed by atoms with van der Waals surface area (Å²) in [7, 11) is 0. The van der Waals surface area contributed by atoms with Crippen molar-refractivity contribution in [3.8, 4) is 0 Å². The highest BCUT2D eigenvalue weighted by Crippen LogP contribution is 2.07. The number of nitrogens with two attached hydrogens (primary N) is 2. The molecule has 1 aliphatic rings. The Morgan fingerprint density at radius 3 is 2.00 bits per heavy atom. The normalized spacial score (nSPS) is 21.0. The SMILES string of the molecule is NC1CC1=O.NCC(=O)O. The van der Waals surface area contributed by atoms with Crippen molar-refractivity contribution in [2.45, 2.75) is 12.5 Å². The molecule has 0 aromatic rings. The zero-order valence-corrected chi connectivity index (χ0v) is 5.41. The minimum absolute atomic E-state index is 0.0880. The Labute approximate surface area is 58.0 Å². The quantitative estimate of drug-likeness (QED) is 0.409. The van der Waals surface area contributed by atoms with Crippen molar-refractivity contribution < 1.29 is 14.7 Å². The molecule has 1 fully saturated rings. The average molecular weight is 146 g/mol. The van der Waals surface area contributed by atoms with Crippen LogP contribution in [0.1, 0.15) is 6.42 Å². The van der Waals surface area contributed by atoms with Crippen LogP contribution in [0.15, 0.2) is 0 Å². The number of aliphatic carboxylic acids is 1. The van der Waals surface area contributed by atoms with Crippen LogP contribution in [0.25, 0.3) is 0 Å². The second kappa shape index (κ2) is 3.97. The van der Waals surface area contributed by atoms with E-state index in [0.29, 0.717) is 6.42 Å². The first-order valence-corrected chi connectivity index (χ1v) is 2.78. The number of rotatable bonds is 1. The summed E-state index contributed by atoms with van der Waals surface area (Å²) in [6.45, 7) is -0.278. The zero-order chi connectivity index (χ0) is 8.15. The molecule has 1 atom stereocenters. The van der Waals surface area contributed by atoms with E-state index in [1.807, 2.05) is 0 Å². The molecule has 1 rings (SSSR count). The highest BCUT2D eigenvalue weighted by molar-refractivity contribution is 5.99. The van der Waals surface area contributed by atoms with E-state index < -0.39 is 5.97 Å². The van der Waals surface area contributed by atoms with Gasteiger partial charge in [0.25, 0.3) is 0 Å². The fourth-order valence-electron chi connectivity index (χ4n) is 0.158. The molecule has 0 aromatic heterocycles. The van der Waals surface area contributed by atoms with Gasteiger partial charge < -0.3 is 16.6 Å². The van der Waals surface area contributed by atoms with Gasteiger partial charge in [0.05, 0.1) is 12.6 Å². The molecule has 0 bridgehead atoms. The summed E-state index contributed by atoms with van der Waals surface area (Å²) < 4.78 is 0. The van der Waals surface area contributed by atoms with Crippen molar-refractivity contribution in [1.29, 1.82) is 0 Å². The summed E-state index contributed by atoms with van der Waals surface area (Å²) in [4.78, 5) is 19.0. The van der Waals surface area contributed by atoms with E-state index in [1.54, 1.807) is 0 Å². The molecule has 5 heteroatoms. The number of carbonyl (C=O) groups is 2. The van der Waals surface area contributed by atoms with Crippen molar-refractivity contribution in [2.24, 2.45) is 11.5 Å². The standard InChI is InChI=1S/C3H5NO.C2H5NO2/c4-2-1-3(2)5;3-1-2(4)5/h2H,1,4H2;1,3H2,(H,4,5). The van der Waals surface area contributed by atoms with Crippen molar-refractivity contribution in [2.75, 3.05) is 6.54 Å². The number of ketones is 1. The molecule has 0 amide bonds. The number of carbonyl (C=O) groups excluding carboxylic acids is 1. The molecule has 10 heavy (non-hydrogen) atoms. The van der Waals surface area contributed by atoms with Crippen LogP contribution in [0, 0.1) is 0 Å². The highest BCUT2D eigenvalue weighted by atomic mass is 16.4. The van der Waals surface area contributed by atoms with Crippen LogP contribution < -0.4 is 11.5 Å². The first-order valence-electron chi connectivity index (χ1n) is 2.78. The molecule has 0 spiro atoms. The van der Waals surface area contributed by atoms with Crippen molar-refractivity contribution in [3.05, 3.63) is 0 Å². The van der Waals surface area contributed by atoms with Crippen molar-refractivity contribution in [1.82, 2.24) is 0 Å². The first kappa shape index (κ1) is 9.06. The van der Waals surface area contributed by atoms with Crippen LogP contribution in [-0.2, 0) is 9.59 Å². The smallest absolute Gasteiger partial charge is 0.317 e. The molecule has 0 aliphatic heterocycles. The van der Waals surface area contributed by atoms with Gasteiger partial charge in [-0.15, -0.1) is 0 Å². The third kappa shape index (κ3) is 5.20. The van der Waals surface area contributed by atoms with Gasteiger partial charge in [-0.3, -0.25) is 9.59 Å². The van der Waals surface area contributed by atoms with Crippen LogP contribution in [0.5, 0.6) is 0 Å². The van der Waals surface area contributed by atoms with E-state index in [4.69, 9.17) is 10.8 Å². The predicted octanol–water partition coefficient (Wildman–Crippen LogP) is -1.68. The molecule has 0 saturated heterocycles. The predicted molar refractivity (Wildman–Crippen MR) is 34.3 cm³/mol. The molecule has 0 heterocycles. The van der Waals surface area contributed by atoms with E-state index in [1.165, 1.54) is 0 Å². The second-order valence-corrected chi connectivity index (χ2v) is 1.87. The number of hydrogen-bond acceptors (Lipinski definition) is 4. The Bertz CT molecular complexity index is 140. The second-order valence-electron chi connectivity index (χ2n) is 1.87.